The van der Waals surface area contributed by atoms with E-state index in [1.807, 2.05) is 13.0 Å². The Morgan fingerprint density at radius 2 is 2.09 bits per heavy atom. The topological polar surface area (TPSA) is 81.2 Å². The van der Waals surface area contributed by atoms with Gasteiger partial charge in [0.25, 0.3) is 0 Å². The summed E-state index contributed by atoms with van der Waals surface area (Å²) < 4.78 is 10.3. The SMILES string of the molecule is COCCCNc1nncc(Nc2cc(C)c(Cl)cc2OC)n1. The highest BCUT2D eigenvalue weighted by atomic mass is 35.5. The molecule has 1 heterocycles. The molecule has 2 N–H and O–H groups in total. The molecule has 8 heteroatoms. The maximum Gasteiger partial charge on any atom is 0.244 e. The van der Waals surface area contributed by atoms with E-state index in [0.717, 1.165) is 17.7 Å². The van der Waals surface area contributed by atoms with Gasteiger partial charge in [-0.05, 0) is 25.0 Å². The number of nitrogens with one attached hydrogen (secondary N) is 2. The number of halogens is 1. The van der Waals surface area contributed by atoms with E-state index in [4.69, 9.17) is 21.1 Å². The van der Waals surface area contributed by atoms with Gasteiger partial charge in [-0.25, -0.2) is 0 Å². The Balaban J connectivity index is 2.10. The maximum atomic E-state index is 6.11. The molecule has 7 nitrogen and oxygen atoms in total. The molecule has 0 unspecified atom stereocenters. The van der Waals surface area contributed by atoms with Crippen LogP contribution in [0.4, 0.5) is 17.5 Å². The van der Waals surface area contributed by atoms with Crippen molar-refractivity contribution in [3.8, 4) is 5.75 Å². The van der Waals surface area contributed by atoms with Gasteiger partial charge in [-0.2, -0.15) is 10.1 Å². The second-order valence-electron chi connectivity index (χ2n) is 4.87. The van der Waals surface area contributed by atoms with Crippen molar-refractivity contribution in [1.29, 1.82) is 0 Å². The molecule has 0 fully saturated rings. The van der Waals surface area contributed by atoms with Crippen molar-refractivity contribution in [2.45, 2.75) is 13.3 Å². The molecule has 0 atom stereocenters. The minimum Gasteiger partial charge on any atom is -0.495 e. The van der Waals surface area contributed by atoms with Gasteiger partial charge in [-0.15, -0.1) is 5.10 Å². The number of hydrogen-bond donors (Lipinski definition) is 2. The molecular formula is C15H20ClN5O2. The van der Waals surface area contributed by atoms with Crippen LogP contribution >= 0.6 is 11.6 Å². The summed E-state index contributed by atoms with van der Waals surface area (Å²) in [5.74, 6) is 1.65. The Kier molecular flexibility index (Phi) is 6.37. The van der Waals surface area contributed by atoms with E-state index in [1.165, 1.54) is 0 Å². The van der Waals surface area contributed by atoms with Crippen molar-refractivity contribution < 1.29 is 9.47 Å². The van der Waals surface area contributed by atoms with Crippen LogP contribution in [0.3, 0.4) is 0 Å². The van der Waals surface area contributed by atoms with E-state index in [9.17, 15) is 0 Å². The molecule has 23 heavy (non-hydrogen) atoms. The molecule has 0 saturated heterocycles. The fourth-order valence-corrected chi connectivity index (χ4v) is 2.08. The molecule has 0 bridgehead atoms. The Labute approximate surface area is 140 Å². The Morgan fingerprint density at radius 3 is 2.83 bits per heavy atom. The maximum absolute atomic E-state index is 6.11. The molecule has 0 aliphatic heterocycles. The summed E-state index contributed by atoms with van der Waals surface area (Å²) in [6, 6.07) is 3.66. The van der Waals surface area contributed by atoms with Crippen molar-refractivity contribution >= 4 is 29.1 Å². The number of anilines is 3. The standard InChI is InChI=1S/C15H20ClN5O2/c1-10-7-12(13(23-3)8-11(10)16)19-14-9-18-21-15(20-14)17-5-4-6-22-2/h7-9H,4-6H2,1-3H3,(H2,17,19,20,21). The number of aromatic nitrogens is 3. The van der Waals surface area contributed by atoms with E-state index >= 15 is 0 Å². The van der Waals surface area contributed by atoms with Gasteiger partial charge >= 0.3 is 0 Å². The van der Waals surface area contributed by atoms with E-state index in [1.54, 1.807) is 26.5 Å². The van der Waals surface area contributed by atoms with Crippen LogP contribution in [-0.2, 0) is 4.74 Å². The lowest BCUT2D eigenvalue weighted by atomic mass is 10.2. The highest BCUT2D eigenvalue weighted by molar-refractivity contribution is 6.31. The van der Waals surface area contributed by atoms with Crippen molar-refractivity contribution in [2.75, 3.05) is 38.0 Å². The average Bonchev–Trinajstić information content (AvgIpc) is 2.55. The van der Waals surface area contributed by atoms with E-state index in [2.05, 4.69) is 25.8 Å². The molecule has 1 aromatic heterocycles. The first-order valence-electron chi connectivity index (χ1n) is 7.17. The minimum atomic E-state index is 0.454. The van der Waals surface area contributed by atoms with Crippen molar-refractivity contribution in [2.24, 2.45) is 0 Å². The summed E-state index contributed by atoms with van der Waals surface area (Å²) in [4.78, 5) is 4.37. The highest BCUT2D eigenvalue weighted by Crippen LogP contribution is 2.32. The zero-order valence-electron chi connectivity index (χ0n) is 13.4. The second kappa shape index (κ2) is 8.50. The third-order valence-corrected chi connectivity index (χ3v) is 3.52. The van der Waals surface area contributed by atoms with Gasteiger partial charge < -0.3 is 20.1 Å². The number of aryl methyl sites for hydroxylation is 1. The molecule has 1 aromatic carbocycles. The van der Waals surface area contributed by atoms with E-state index in [-0.39, 0.29) is 0 Å². The zero-order valence-corrected chi connectivity index (χ0v) is 14.1. The first kappa shape index (κ1) is 17.2. The highest BCUT2D eigenvalue weighted by Gasteiger charge is 2.09. The lowest BCUT2D eigenvalue weighted by molar-refractivity contribution is 0.197. The zero-order chi connectivity index (χ0) is 16.7. The molecule has 124 valence electrons. The summed E-state index contributed by atoms with van der Waals surface area (Å²) in [5.41, 5.74) is 1.70. The number of methoxy groups -OCH3 is 2. The number of ether oxygens (including phenoxy) is 2. The van der Waals surface area contributed by atoms with Crippen LogP contribution in [0.25, 0.3) is 0 Å². The molecule has 0 saturated carbocycles. The fourth-order valence-electron chi connectivity index (χ4n) is 1.92. The predicted molar refractivity (Wildman–Crippen MR) is 90.8 cm³/mol. The van der Waals surface area contributed by atoms with Gasteiger partial charge in [0.1, 0.15) is 5.75 Å². The number of benzene rings is 1. The first-order chi connectivity index (χ1) is 11.1. The largest absolute Gasteiger partial charge is 0.495 e. The summed E-state index contributed by atoms with van der Waals surface area (Å²) in [7, 11) is 3.26. The molecular weight excluding hydrogens is 318 g/mol. The van der Waals surface area contributed by atoms with Crippen LogP contribution in [0, 0.1) is 6.92 Å². The fraction of sp³-hybridized carbons (Fsp3) is 0.400. The third-order valence-electron chi connectivity index (χ3n) is 3.11. The molecule has 0 aliphatic carbocycles. The summed E-state index contributed by atoms with van der Waals surface area (Å²) in [5, 5.41) is 14.8. The van der Waals surface area contributed by atoms with Crippen LogP contribution in [0.1, 0.15) is 12.0 Å². The van der Waals surface area contributed by atoms with Crippen LogP contribution in [0.5, 0.6) is 5.75 Å². The Bertz CT molecular complexity index is 654. The van der Waals surface area contributed by atoms with Crippen LogP contribution in [0.15, 0.2) is 18.3 Å². The summed E-state index contributed by atoms with van der Waals surface area (Å²) in [6.07, 6.45) is 2.41. The lowest BCUT2D eigenvalue weighted by Gasteiger charge is -2.13. The van der Waals surface area contributed by atoms with Crippen molar-refractivity contribution in [3.05, 3.63) is 28.9 Å². The first-order valence-corrected chi connectivity index (χ1v) is 7.55. The molecule has 0 radical (unpaired) electrons. The number of hydrogen-bond acceptors (Lipinski definition) is 7. The normalized spacial score (nSPS) is 10.4. The molecule has 2 aromatic rings. The van der Waals surface area contributed by atoms with Gasteiger partial charge in [0.15, 0.2) is 5.82 Å². The van der Waals surface area contributed by atoms with E-state index < -0.39 is 0 Å². The average molecular weight is 338 g/mol. The predicted octanol–water partition coefficient (Wildman–Crippen LogP) is 3.03. The van der Waals surface area contributed by atoms with Gasteiger partial charge in [0.2, 0.25) is 5.95 Å². The molecule has 0 amide bonds. The number of nitrogens with zero attached hydrogens (tertiary/aromatic N) is 3. The second-order valence-corrected chi connectivity index (χ2v) is 5.27. The van der Waals surface area contributed by atoms with Crippen molar-refractivity contribution in [3.63, 3.8) is 0 Å². The van der Waals surface area contributed by atoms with Crippen LogP contribution in [0.2, 0.25) is 5.02 Å². The van der Waals surface area contributed by atoms with Gasteiger partial charge in [-0.1, -0.05) is 11.6 Å². The Hall–Kier alpha value is -2.12. The summed E-state index contributed by atoms with van der Waals surface area (Å²) in [6.45, 7) is 3.32. The van der Waals surface area contributed by atoms with Gasteiger partial charge in [-0.3, -0.25) is 0 Å². The Morgan fingerprint density at radius 1 is 1.26 bits per heavy atom. The van der Waals surface area contributed by atoms with E-state index in [0.29, 0.717) is 35.7 Å². The molecule has 0 aliphatic rings. The summed E-state index contributed by atoms with van der Waals surface area (Å²) >= 11 is 6.11. The lowest BCUT2D eigenvalue weighted by Crippen LogP contribution is -2.09. The van der Waals surface area contributed by atoms with Gasteiger partial charge in [0.05, 0.1) is 19.0 Å². The van der Waals surface area contributed by atoms with Gasteiger partial charge in [0, 0.05) is 31.4 Å². The molecule has 2 rings (SSSR count). The van der Waals surface area contributed by atoms with Crippen LogP contribution < -0.4 is 15.4 Å². The van der Waals surface area contributed by atoms with Crippen LogP contribution in [-0.4, -0.2) is 42.6 Å². The smallest absolute Gasteiger partial charge is 0.244 e. The minimum absolute atomic E-state index is 0.454. The third kappa shape index (κ3) is 4.94. The quantitative estimate of drug-likeness (QED) is 0.716. The van der Waals surface area contributed by atoms with Crippen molar-refractivity contribution in [1.82, 2.24) is 15.2 Å². The monoisotopic (exact) mass is 337 g/mol. The molecule has 0 spiro atoms. The number of rotatable bonds is 8.